The topological polar surface area (TPSA) is 86.8 Å². The molecule has 0 radical (unpaired) electrons. The molecule has 8 heteroatoms. The van der Waals surface area contributed by atoms with Gasteiger partial charge in [0.05, 0.1) is 10.6 Å². The fourth-order valence-corrected chi connectivity index (χ4v) is 6.81. The van der Waals surface area contributed by atoms with Gasteiger partial charge in [0.1, 0.15) is 6.04 Å². The Labute approximate surface area is 225 Å². The fourth-order valence-electron chi connectivity index (χ4n) is 5.06. The number of sulfonamides is 1. The van der Waals surface area contributed by atoms with Gasteiger partial charge in [0.2, 0.25) is 11.8 Å². The minimum absolute atomic E-state index is 0.128. The highest BCUT2D eigenvalue weighted by Gasteiger charge is 2.36. The van der Waals surface area contributed by atoms with Gasteiger partial charge in [0, 0.05) is 30.4 Å². The zero-order chi connectivity index (χ0) is 27.7. The Morgan fingerprint density at radius 3 is 2.34 bits per heavy atom. The van der Waals surface area contributed by atoms with Crippen LogP contribution in [0.2, 0.25) is 0 Å². The first-order valence-corrected chi connectivity index (χ1v) is 14.6. The van der Waals surface area contributed by atoms with E-state index in [1.165, 1.54) is 4.31 Å². The molecule has 202 valence electrons. The highest BCUT2D eigenvalue weighted by Crippen LogP contribution is 2.42. The SMILES string of the molecule is CCC(C(=O)NC(C)(C)C)N(Cc1ccccc1C)C(=O)CCCN1c2cccc3cccc(c23)S1(=O)=O. The van der Waals surface area contributed by atoms with Crippen molar-refractivity contribution in [2.24, 2.45) is 0 Å². The van der Waals surface area contributed by atoms with E-state index in [9.17, 15) is 18.0 Å². The maximum Gasteiger partial charge on any atom is 0.265 e. The van der Waals surface area contributed by atoms with Gasteiger partial charge in [-0.3, -0.25) is 13.9 Å². The summed E-state index contributed by atoms with van der Waals surface area (Å²) < 4.78 is 28.0. The molecule has 1 unspecified atom stereocenters. The summed E-state index contributed by atoms with van der Waals surface area (Å²) in [5.74, 6) is -0.359. The number of carbonyl (C=O) groups is 2. The maximum atomic E-state index is 13.7. The first-order chi connectivity index (χ1) is 17.9. The average Bonchev–Trinajstić information content (AvgIpc) is 3.07. The first kappa shape index (κ1) is 27.6. The van der Waals surface area contributed by atoms with Gasteiger partial charge in [-0.15, -0.1) is 0 Å². The predicted octanol–water partition coefficient (Wildman–Crippen LogP) is 5.16. The summed E-state index contributed by atoms with van der Waals surface area (Å²) in [6.45, 7) is 10.1. The van der Waals surface area contributed by atoms with E-state index >= 15 is 0 Å². The van der Waals surface area contributed by atoms with E-state index in [0.717, 1.165) is 21.9 Å². The van der Waals surface area contributed by atoms with Gasteiger partial charge in [-0.1, -0.05) is 55.5 Å². The number of rotatable bonds is 9. The molecule has 0 aromatic heterocycles. The minimum Gasteiger partial charge on any atom is -0.350 e. The average molecular weight is 536 g/mol. The molecule has 1 heterocycles. The highest BCUT2D eigenvalue weighted by atomic mass is 32.2. The molecule has 0 spiro atoms. The molecule has 1 atom stereocenters. The second kappa shape index (κ2) is 10.8. The van der Waals surface area contributed by atoms with Crippen molar-refractivity contribution in [1.82, 2.24) is 10.2 Å². The lowest BCUT2D eigenvalue weighted by Gasteiger charge is -2.33. The van der Waals surface area contributed by atoms with Crippen LogP contribution in [0.15, 0.2) is 65.6 Å². The number of nitrogens with zero attached hydrogens (tertiary/aromatic N) is 2. The second-order valence-corrected chi connectivity index (χ2v) is 12.8. The highest BCUT2D eigenvalue weighted by molar-refractivity contribution is 7.93. The third-order valence-electron chi connectivity index (χ3n) is 6.92. The molecule has 0 saturated heterocycles. The Balaban J connectivity index is 1.54. The molecule has 1 aliphatic rings. The van der Waals surface area contributed by atoms with Crippen LogP contribution in [0.1, 0.15) is 58.1 Å². The van der Waals surface area contributed by atoms with Crippen molar-refractivity contribution in [2.75, 3.05) is 10.8 Å². The van der Waals surface area contributed by atoms with E-state index in [2.05, 4.69) is 5.32 Å². The molecular formula is C30H37N3O4S. The first-order valence-electron chi connectivity index (χ1n) is 13.1. The number of hydrogen-bond acceptors (Lipinski definition) is 4. The van der Waals surface area contributed by atoms with Crippen LogP contribution in [0, 0.1) is 6.92 Å². The molecular weight excluding hydrogens is 498 g/mol. The van der Waals surface area contributed by atoms with Crippen LogP contribution < -0.4 is 9.62 Å². The van der Waals surface area contributed by atoms with E-state index in [4.69, 9.17) is 0 Å². The van der Waals surface area contributed by atoms with Crippen LogP contribution >= 0.6 is 0 Å². The minimum atomic E-state index is -3.68. The van der Waals surface area contributed by atoms with Gasteiger partial charge >= 0.3 is 0 Å². The molecule has 3 aromatic rings. The summed E-state index contributed by atoms with van der Waals surface area (Å²) in [5.41, 5.74) is 2.25. The molecule has 0 aliphatic carbocycles. The van der Waals surface area contributed by atoms with Crippen LogP contribution in [0.25, 0.3) is 10.8 Å². The van der Waals surface area contributed by atoms with Gasteiger partial charge in [0.15, 0.2) is 0 Å². The van der Waals surface area contributed by atoms with Crippen molar-refractivity contribution < 1.29 is 18.0 Å². The molecule has 0 bridgehead atoms. The lowest BCUT2D eigenvalue weighted by atomic mass is 10.0. The summed E-state index contributed by atoms with van der Waals surface area (Å²) >= 11 is 0. The summed E-state index contributed by atoms with van der Waals surface area (Å²) in [6, 6.07) is 18.1. The Morgan fingerprint density at radius 2 is 1.68 bits per heavy atom. The van der Waals surface area contributed by atoms with Crippen LogP contribution in [0.5, 0.6) is 0 Å². The number of amides is 2. The van der Waals surface area contributed by atoms with E-state index in [0.29, 0.717) is 30.0 Å². The van der Waals surface area contributed by atoms with Gasteiger partial charge in [0.25, 0.3) is 10.0 Å². The van der Waals surface area contributed by atoms with Crippen molar-refractivity contribution in [3.05, 3.63) is 71.8 Å². The number of anilines is 1. The lowest BCUT2D eigenvalue weighted by Crippen LogP contribution is -2.53. The van der Waals surface area contributed by atoms with Crippen LogP contribution in [-0.2, 0) is 26.2 Å². The Bertz CT molecular complexity index is 1450. The lowest BCUT2D eigenvalue weighted by molar-refractivity contribution is -0.142. The van der Waals surface area contributed by atoms with Gasteiger partial charge in [-0.2, -0.15) is 0 Å². The Hall–Kier alpha value is -3.39. The van der Waals surface area contributed by atoms with E-state index < -0.39 is 21.6 Å². The Morgan fingerprint density at radius 1 is 1.00 bits per heavy atom. The number of carbonyl (C=O) groups excluding carboxylic acids is 2. The molecule has 1 aliphatic heterocycles. The summed E-state index contributed by atoms with van der Waals surface area (Å²) in [5, 5.41) is 4.62. The quantitative estimate of drug-likeness (QED) is 0.410. The smallest absolute Gasteiger partial charge is 0.265 e. The van der Waals surface area contributed by atoms with E-state index in [-0.39, 0.29) is 24.8 Å². The second-order valence-electron chi connectivity index (χ2n) is 10.9. The van der Waals surface area contributed by atoms with E-state index in [1.54, 1.807) is 17.0 Å². The van der Waals surface area contributed by atoms with Crippen molar-refractivity contribution in [1.29, 1.82) is 0 Å². The third kappa shape index (κ3) is 5.55. The van der Waals surface area contributed by atoms with Gasteiger partial charge in [-0.25, -0.2) is 8.42 Å². The Kier molecular flexibility index (Phi) is 7.83. The molecule has 0 saturated carbocycles. The van der Waals surface area contributed by atoms with Crippen molar-refractivity contribution >= 4 is 38.3 Å². The fraction of sp³-hybridized carbons (Fsp3) is 0.400. The molecule has 2 amide bonds. The molecule has 3 aromatic carbocycles. The van der Waals surface area contributed by atoms with Gasteiger partial charge < -0.3 is 10.2 Å². The standard InChI is InChI=1S/C30H37N3O4S/c1-6-24(29(35)31-30(3,4)5)32(20-23-13-8-7-12-21(23)2)27(34)18-11-19-33-25-16-9-14-22-15-10-17-26(28(22)25)38(33,36)37/h7-10,12-17,24H,6,11,18-20H2,1-5H3,(H,31,35). The zero-order valence-electron chi connectivity index (χ0n) is 22.8. The number of hydrogen-bond donors (Lipinski definition) is 1. The third-order valence-corrected chi connectivity index (χ3v) is 8.77. The van der Waals surface area contributed by atoms with Crippen molar-refractivity contribution in [3.8, 4) is 0 Å². The summed E-state index contributed by atoms with van der Waals surface area (Å²) in [4.78, 5) is 28.8. The number of benzene rings is 3. The molecule has 4 rings (SSSR count). The molecule has 0 fully saturated rings. The van der Waals surface area contributed by atoms with E-state index in [1.807, 2.05) is 83.1 Å². The summed E-state index contributed by atoms with van der Waals surface area (Å²) in [6.07, 6.45) is 0.935. The number of aryl methyl sites for hydroxylation is 1. The van der Waals surface area contributed by atoms with Crippen LogP contribution in [0.4, 0.5) is 5.69 Å². The normalized spacial score (nSPS) is 14.9. The maximum absolute atomic E-state index is 13.7. The van der Waals surface area contributed by atoms with Crippen LogP contribution in [0.3, 0.4) is 0 Å². The molecule has 1 N–H and O–H groups in total. The monoisotopic (exact) mass is 535 g/mol. The zero-order valence-corrected chi connectivity index (χ0v) is 23.6. The predicted molar refractivity (Wildman–Crippen MR) is 151 cm³/mol. The molecule has 38 heavy (non-hydrogen) atoms. The summed E-state index contributed by atoms with van der Waals surface area (Å²) in [7, 11) is -3.68. The number of nitrogens with one attached hydrogen (secondary N) is 1. The van der Waals surface area contributed by atoms with Crippen molar-refractivity contribution in [3.63, 3.8) is 0 Å². The van der Waals surface area contributed by atoms with Gasteiger partial charge in [-0.05, 0) is 69.2 Å². The van der Waals surface area contributed by atoms with Crippen LogP contribution in [-0.4, -0.2) is 43.3 Å². The largest absolute Gasteiger partial charge is 0.350 e. The molecule has 7 nitrogen and oxygen atoms in total. The van der Waals surface area contributed by atoms with Crippen molar-refractivity contribution in [2.45, 2.75) is 76.9 Å².